The molecule has 5 heteroatoms. The smallest absolute Gasteiger partial charge is 0.172 e. The predicted molar refractivity (Wildman–Crippen MR) is 80.7 cm³/mol. The van der Waals surface area contributed by atoms with Gasteiger partial charge in [-0.05, 0) is 30.9 Å². The Morgan fingerprint density at radius 2 is 2.15 bits per heavy atom. The normalized spacial score (nSPS) is 16.4. The first-order valence-corrected chi connectivity index (χ1v) is 7.02. The molecular formula is C15H23N3O2. The van der Waals surface area contributed by atoms with E-state index in [4.69, 9.17) is 15.7 Å². The third-order valence-corrected chi connectivity index (χ3v) is 4.01. The van der Waals surface area contributed by atoms with Crippen molar-refractivity contribution >= 4 is 11.5 Å². The molecule has 0 aliphatic heterocycles. The van der Waals surface area contributed by atoms with Crippen molar-refractivity contribution in [3.05, 3.63) is 23.8 Å². The third-order valence-electron chi connectivity index (χ3n) is 4.01. The lowest BCUT2D eigenvalue weighted by atomic mass is 10.1. The molecule has 0 atom stereocenters. The molecule has 1 aromatic rings. The summed E-state index contributed by atoms with van der Waals surface area (Å²) < 4.78 is 5.27. The topological polar surface area (TPSA) is 71.1 Å². The summed E-state index contributed by atoms with van der Waals surface area (Å²) in [6, 6.07) is 5.58. The molecular weight excluding hydrogens is 254 g/mol. The lowest BCUT2D eigenvalue weighted by Gasteiger charge is -2.25. The van der Waals surface area contributed by atoms with Crippen LogP contribution in [0.25, 0.3) is 0 Å². The van der Waals surface area contributed by atoms with Gasteiger partial charge in [-0.25, -0.2) is 0 Å². The summed E-state index contributed by atoms with van der Waals surface area (Å²) in [4.78, 5) is 2.17. The fourth-order valence-corrected chi connectivity index (χ4v) is 2.90. The Hall–Kier alpha value is -1.91. The summed E-state index contributed by atoms with van der Waals surface area (Å²) in [7, 11) is 3.68. The second kappa shape index (κ2) is 6.50. The molecule has 1 aromatic carbocycles. The van der Waals surface area contributed by atoms with E-state index in [9.17, 15) is 0 Å². The van der Waals surface area contributed by atoms with Crippen LogP contribution >= 0.6 is 0 Å². The monoisotopic (exact) mass is 277 g/mol. The van der Waals surface area contributed by atoms with Crippen LogP contribution in [0.2, 0.25) is 0 Å². The molecule has 1 fully saturated rings. The number of oxime groups is 1. The molecule has 5 nitrogen and oxygen atoms in total. The molecule has 0 heterocycles. The van der Waals surface area contributed by atoms with E-state index in [1.807, 2.05) is 25.2 Å². The maximum atomic E-state index is 8.92. The molecule has 2 rings (SSSR count). The molecule has 0 aromatic heterocycles. The fraction of sp³-hybridized carbons (Fsp3) is 0.533. The lowest BCUT2D eigenvalue weighted by molar-refractivity contribution is 0.318. The minimum absolute atomic E-state index is 0.126. The standard InChI is InChI=1S/C15H23N3O2/c1-18(10-11-5-3-4-6-11)14-9-12(20-2)7-8-13(14)15(16)17-19/h7-9,11,19H,3-6,10H2,1-2H3,(H2,16,17). The third kappa shape index (κ3) is 3.15. The summed E-state index contributed by atoms with van der Waals surface area (Å²) >= 11 is 0. The van der Waals surface area contributed by atoms with Crippen molar-refractivity contribution in [3.8, 4) is 5.75 Å². The quantitative estimate of drug-likeness (QED) is 0.375. The van der Waals surface area contributed by atoms with Crippen LogP contribution in [0.3, 0.4) is 0 Å². The summed E-state index contributed by atoms with van der Waals surface area (Å²) in [5, 5.41) is 12.0. The van der Waals surface area contributed by atoms with Crippen molar-refractivity contribution in [1.82, 2.24) is 0 Å². The highest BCUT2D eigenvalue weighted by Gasteiger charge is 2.19. The van der Waals surface area contributed by atoms with Crippen molar-refractivity contribution in [1.29, 1.82) is 0 Å². The van der Waals surface area contributed by atoms with E-state index in [0.717, 1.165) is 29.5 Å². The zero-order valence-electron chi connectivity index (χ0n) is 12.2. The molecule has 0 radical (unpaired) electrons. The van der Waals surface area contributed by atoms with Gasteiger partial charge in [0.1, 0.15) is 5.75 Å². The van der Waals surface area contributed by atoms with Gasteiger partial charge in [-0.15, -0.1) is 0 Å². The Labute approximate surface area is 120 Å². The maximum Gasteiger partial charge on any atom is 0.172 e. The van der Waals surface area contributed by atoms with Gasteiger partial charge in [0.05, 0.1) is 12.8 Å². The van der Waals surface area contributed by atoms with Crippen molar-refractivity contribution < 1.29 is 9.94 Å². The first-order valence-electron chi connectivity index (χ1n) is 7.02. The Balaban J connectivity index is 2.26. The second-order valence-electron chi connectivity index (χ2n) is 5.40. The second-order valence-corrected chi connectivity index (χ2v) is 5.40. The Morgan fingerprint density at radius 1 is 1.45 bits per heavy atom. The first kappa shape index (κ1) is 14.5. The Kier molecular flexibility index (Phi) is 4.71. The lowest BCUT2D eigenvalue weighted by Crippen LogP contribution is -2.27. The molecule has 1 aliphatic rings. The van der Waals surface area contributed by atoms with Gasteiger partial charge in [0.2, 0.25) is 0 Å². The molecule has 0 bridgehead atoms. The minimum atomic E-state index is 0.126. The van der Waals surface area contributed by atoms with Crippen LogP contribution in [0, 0.1) is 5.92 Å². The number of nitrogens with zero attached hydrogens (tertiary/aromatic N) is 2. The average molecular weight is 277 g/mol. The molecule has 3 N–H and O–H groups in total. The van der Waals surface area contributed by atoms with E-state index in [1.165, 1.54) is 25.7 Å². The number of anilines is 1. The summed E-state index contributed by atoms with van der Waals surface area (Å²) in [6.07, 6.45) is 5.22. The SMILES string of the molecule is COc1ccc(/C(N)=N/O)c(N(C)CC2CCCC2)c1. The fourth-order valence-electron chi connectivity index (χ4n) is 2.90. The molecule has 0 spiro atoms. The van der Waals surface area contributed by atoms with Gasteiger partial charge in [-0.2, -0.15) is 0 Å². The molecule has 0 unspecified atom stereocenters. The summed E-state index contributed by atoms with van der Waals surface area (Å²) in [5.74, 6) is 1.63. The largest absolute Gasteiger partial charge is 0.497 e. The van der Waals surface area contributed by atoms with E-state index in [1.54, 1.807) is 7.11 Å². The van der Waals surface area contributed by atoms with Gasteiger partial charge in [0.15, 0.2) is 5.84 Å². The zero-order chi connectivity index (χ0) is 14.5. The number of benzene rings is 1. The van der Waals surface area contributed by atoms with Crippen molar-refractivity contribution in [3.63, 3.8) is 0 Å². The van der Waals surface area contributed by atoms with Crippen LogP contribution in [-0.4, -0.2) is 31.7 Å². The van der Waals surface area contributed by atoms with Crippen LogP contribution < -0.4 is 15.4 Å². The number of rotatable bonds is 5. The van der Waals surface area contributed by atoms with Crippen LogP contribution in [0.1, 0.15) is 31.2 Å². The maximum absolute atomic E-state index is 8.92. The van der Waals surface area contributed by atoms with Gasteiger partial charge in [0, 0.05) is 25.2 Å². The molecule has 110 valence electrons. The van der Waals surface area contributed by atoms with Gasteiger partial charge < -0.3 is 20.6 Å². The van der Waals surface area contributed by atoms with Crippen LogP contribution in [-0.2, 0) is 0 Å². The molecule has 0 amide bonds. The zero-order valence-corrected chi connectivity index (χ0v) is 12.2. The molecule has 0 saturated heterocycles. The van der Waals surface area contributed by atoms with Crippen molar-refractivity contribution in [2.45, 2.75) is 25.7 Å². The average Bonchev–Trinajstić information content (AvgIpc) is 2.98. The van der Waals surface area contributed by atoms with Crippen LogP contribution in [0.4, 0.5) is 5.69 Å². The van der Waals surface area contributed by atoms with Gasteiger partial charge in [-0.3, -0.25) is 0 Å². The number of ether oxygens (including phenoxy) is 1. The van der Waals surface area contributed by atoms with Gasteiger partial charge in [-0.1, -0.05) is 18.0 Å². The summed E-state index contributed by atoms with van der Waals surface area (Å²) in [5.41, 5.74) is 7.43. The summed E-state index contributed by atoms with van der Waals surface area (Å²) in [6.45, 7) is 0.985. The molecule has 20 heavy (non-hydrogen) atoms. The first-order chi connectivity index (χ1) is 9.65. The van der Waals surface area contributed by atoms with E-state index in [0.29, 0.717) is 0 Å². The van der Waals surface area contributed by atoms with E-state index >= 15 is 0 Å². The van der Waals surface area contributed by atoms with Crippen molar-refractivity contribution in [2.24, 2.45) is 16.8 Å². The van der Waals surface area contributed by atoms with Gasteiger partial charge in [0.25, 0.3) is 0 Å². The van der Waals surface area contributed by atoms with E-state index < -0.39 is 0 Å². The number of amidine groups is 1. The number of nitrogens with two attached hydrogens (primary N) is 1. The number of hydrogen-bond donors (Lipinski definition) is 2. The molecule has 1 aliphatic carbocycles. The predicted octanol–water partition coefficient (Wildman–Crippen LogP) is 2.42. The minimum Gasteiger partial charge on any atom is -0.497 e. The number of hydrogen-bond acceptors (Lipinski definition) is 4. The van der Waals surface area contributed by atoms with Crippen molar-refractivity contribution in [2.75, 3.05) is 25.6 Å². The highest BCUT2D eigenvalue weighted by molar-refractivity contribution is 6.02. The Morgan fingerprint density at radius 3 is 2.75 bits per heavy atom. The van der Waals surface area contributed by atoms with E-state index in [2.05, 4.69) is 10.1 Å². The van der Waals surface area contributed by atoms with Crippen LogP contribution in [0.5, 0.6) is 5.75 Å². The van der Waals surface area contributed by atoms with Gasteiger partial charge >= 0.3 is 0 Å². The van der Waals surface area contributed by atoms with Crippen LogP contribution in [0.15, 0.2) is 23.4 Å². The molecule has 1 saturated carbocycles. The highest BCUT2D eigenvalue weighted by Crippen LogP contribution is 2.30. The highest BCUT2D eigenvalue weighted by atomic mass is 16.5. The number of methoxy groups -OCH3 is 1. The van der Waals surface area contributed by atoms with E-state index in [-0.39, 0.29) is 5.84 Å². The Bertz CT molecular complexity index is 482.